The number of alkyl halides is 1. The molecule has 0 amide bonds. The Bertz CT molecular complexity index is 593. The summed E-state index contributed by atoms with van der Waals surface area (Å²) in [5, 5.41) is 4.49. The molecule has 1 unspecified atom stereocenters. The molecule has 0 aliphatic carbocycles. The predicted molar refractivity (Wildman–Crippen MR) is 90.0 cm³/mol. The molecule has 0 fully saturated rings. The lowest BCUT2D eigenvalue weighted by molar-refractivity contribution is 1.05. The van der Waals surface area contributed by atoms with Crippen molar-refractivity contribution in [1.82, 2.24) is 0 Å². The van der Waals surface area contributed by atoms with E-state index in [9.17, 15) is 0 Å². The Labute approximate surface area is 129 Å². The number of hydrogen-bond acceptors (Lipinski definition) is 1. The van der Waals surface area contributed by atoms with Crippen molar-refractivity contribution in [2.75, 3.05) is 0 Å². The number of benzene rings is 1. The highest BCUT2D eigenvalue weighted by molar-refractivity contribution is 9.09. The Morgan fingerprint density at radius 1 is 0.789 bits per heavy atom. The Balaban J connectivity index is 2.67. The fourth-order valence-corrected chi connectivity index (χ4v) is 4.93. The topological polar surface area (TPSA) is 0 Å². The van der Waals surface area contributed by atoms with Gasteiger partial charge < -0.3 is 0 Å². The lowest BCUT2D eigenvalue weighted by atomic mass is 9.86. The van der Waals surface area contributed by atoms with Crippen LogP contribution in [0.3, 0.4) is 0 Å². The minimum atomic E-state index is 0.303. The fraction of sp³-hybridized carbons (Fsp3) is 0.412. The van der Waals surface area contributed by atoms with Gasteiger partial charge in [-0.1, -0.05) is 15.9 Å². The zero-order valence-electron chi connectivity index (χ0n) is 12.5. The summed E-state index contributed by atoms with van der Waals surface area (Å²) >= 11 is 5.71. The summed E-state index contributed by atoms with van der Waals surface area (Å²) in [6.07, 6.45) is 0. The van der Waals surface area contributed by atoms with E-state index >= 15 is 0 Å². The van der Waals surface area contributed by atoms with Gasteiger partial charge in [-0.3, -0.25) is 0 Å². The standard InChI is InChI=1S/C17H21BrS/c1-9-7-19-8-15(9)17(18)16-13(5)11(3)10(2)12(4)14(16)6/h7-8,17H,1-6H3. The van der Waals surface area contributed by atoms with Gasteiger partial charge in [0.05, 0.1) is 4.83 Å². The molecule has 1 atom stereocenters. The maximum Gasteiger partial charge on any atom is 0.0660 e. The molecule has 0 spiro atoms. The first-order valence-electron chi connectivity index (χ1n) is 6.59. The second-order valence-electron chi connectivity index (χ2n) is 5.41. The molecule has 0 saturated carbocycles. The highest BCUT2D eigenvalue weighted by Gasteiger charge is 2.21. The second-order valence-corrected chi connectivity index (χ2v) is 7.07. The molecule has 0 radical (unpaired) electrons. The predicted octanol–water partition coefficient (Wildman–Crippen LogP) is 6.08. The van der Waals surface area contributed by atoms with Gasteiger partial charge in [0.15, 0.2) is 0 Å². The van der Waals surface area contributed by atoms with E-state index in [0.717, 1.165) is 0 Å². The van der Waals surface area contributed by atoms with Crippen LogP contribution in [-0.2, 0) is 0 Å². The summed E-state index contributed by atoms with van der Waals surface area (Å²) in [6.45, 7) is 13.4. The molecular weight excluding hydrogens is 316 g/mol. The molecular formula is C17H21BrS. The first-order valence-corrected chi connectivity index (χ1v) is 8.45. The number of hydrogen-bond donors (Lipinski definition) is 0. The van der Waals surface area contributed by atoms with Gasteiger partial charge in [0.1, 0.15) is 0 Å². The molecule has 1 heterocycles. The van der Waals surface area contributed by atoms with Gasteiger partial charge in [-0.2, -0.15) is 11.3 Å². The van der Waals surface area contributed by atoms with Crippen LogP contribution in [0.25, 0.3) is 0 Å². The van der Waals surface area contributed by atoms with Gasteiger partial charge in [0, 0.05) is 0 Å². The number of rotatable bonds is 2. The van der Waals surface area contributed by atoms with E-state index < -0.39 is 0 Å². The number of thiophene rings is 1. The maximum atomic E-state index is 3.93. The summed E-state index contributed by atoms with van der Waals surface area (Å²) in [7, 11) is 0. The Kier molecular flexibility index (Phi) is 4.22. The highest BCUT2D eigenvalue weighted by atomic mass is 79.9. The molecule has 0 aliphatic rings. The SMILES string of the molecule is Cc1cscc1C(Br)c1c(C)c(C)c(C)c(C)c1C. The summed E-state index contributed by atoms with van der Waals surface area (Å²) in [6, 6.07) is 0. The maximum absolute atomic E-state index is 3.93. The molecule has 102 valence electrons. The van der Waals surface area contributed by atoms with Crippen LogP contribution in [0.15, 0.2) is 10.8 Å². The van der Waals surface area contributed by atoms with E-state index in [1.54, 1.807) is 11.3 Å². The average Bonchev–Trinajstić information content (AvgIpc) is 2.80. The lowest BCUT2D eigenvalue weighted by Gasteiger charge is -2.22. The van der Waals surface area contributed by atoms with E-state index in [0.29, 0.717) is 4.83 Å². The van der Waals surface area contributed by atoms with Gasteiger partial charge >= 0.3 is 0 Å². The van der Waals surface area contributed by atoms with Gasteiger partial charge in [-0.15, -0.1) is 0 Å². The second kappa shape index (κ2) is 5.41. The Hall–Kier alpha value is -0.600. The van der Waals surface area contributed by atoms with E-state index in [1.165, 1.54) is 44.5 Å². The normalized spacial score (nSPS) is 12.8. The van der Waals surface area contributed by atoms with Gasteiger partial charge in [-0.05, 0) is 96.8 Å². The van der Waals surface area contributed by atoms with Gasteiger partial charge in [0.25, 0.3) is 0 Å². The van der Waals surface area contributed by atoms with Crippen LogP contribution in [0.4, 0.5) is 0 Å². The average molecular weight is 337 g/mol. The quantitative estimate of drug-likeness (QED) is 0.582. The van der Waals surface area contributed by atoms with Crippen molar-refractivity contribution in [3.8, 4) is 0 Å². The van der Waals surface area contributed by atoms with Crippen molar-refractivity contribution in [3.05, 3.63) is 55.3 Å². The Morgan fingerprint density at radius 3 is 1.68 bits per heavy atom. The first kappa shape index (κ1) is 14.8. The van der Waals surface area contributed by atoms with Crippen LogP contribution < -0.4 is 0 Å². The largest absolute Gasteiger partial charge is 0.152 e. The lowest BCUT2D eigenvalue weighted by Crippen LogP contribution is -2.05. The minimum absolute atomic E-state index is 0.303. The highest BCUT2D eigenvalue weighted by Crippen LogP contribution is 2.40. The molecule has 1 aromatic heterocycles. The van der Waals surface area contributed by atoms with E-state index in [1.807, 2.05) is 0 Å². The van der Waals surface area contributed by atoms with Crippen molar-refractivity contribution in [1.29, 1.82) is 0 Å². The van der Waals surface area contributed by atoms with Crippen LogP contribution in [-0.4, -0.2) is 0 Å². The molecule has 2 heteroatoms. The Morgan fingerprint density at radius 2 is 1.26 bits per heavy atom. The van der Waals surface area contributed by atoms with Crippen molar-refractivity contribution in [2.24, 2.45) is 0 Å². The molecule has 0 saturated heterocycles. The van der Waals surface area contributed by atoms with Crippen molar-refractivity contribution in [3.63, 3.8) is 0 Å². The summed E-state index contributed by atoms with van der Waals surface area (Å²) in [4.78, 5) is 0.303. The summed E-state index contributed by atoms with van der Waals surface area (Å²) in [5.41, 5.74) is 11.4. The molecule has 2 aromatic rings. The number of halogens is 1. The molecule has 19 heavy (non-hydrogen) atoms. The van der Waals surface area contributed by atoms with Gasteiger partial charge in [-0.25, -0.2) is 0 Å². The van der Waals surface area contributed by atoms with Crippen molar-refractivity contribution >= 4 is 27.3 Å². The third-order valence-electron chi connectivity index (χ3n) is 4.48. The van der Waals surface area contributed by atoms with E-state index in [4.69, 9.17) is 0 Å². The molecule has 0 nitrogen and oxygen atoms in total. The van der Waals surface area contributed by atoms with Crippen LogP contribution in [0.5, 0.6) is 0 Å². The summed E-state index contributed by atoms with van der Waals surface area (Å²) < 4.78 is 0. The third kappa shape index (κ3) is 2.41. The molecule has 0 bridgehead atoms. The molecule has 0 N–H and O–H groups in total. The minimum Gasteiger partial charge on any atom is -0.152 e. The van der Waals surface area contributed by atoms with E-state index in [-0.39, 0.29) is 0 Å². The van der Waals surface area contributed by atoms with Crippen molar-refractivity contribution < 1.29 is 0 Å². The monoisotopic (exact) mass is 336 g/mol. The molecule has 2 rings (SSSR count). The first-order chi connectivity index (χ1) is 8.86. The van der Waals surface area contributed by atoms with Gasteiger partial charge in [0.2, 0.25) is 0 Å². The summed E-state index contributed by atoms with van der Waals surface area (Å²) in [5.74, 6) is 0. The van der Waals surface area contributed by atoms with Crippen LogP contribution >= 0.6 is 27.3 Å². The fourth-order valence-electron chi connectivity index (χ4n) is 2.69. The van der Waals surface area contributed by atoms with E-state index in [2.05, 4.69) is 68.2 Å². The third-order valence-corrected chi connectivity index (χ3v) is 6.31. The van der Waals surface area contributed by atoms with Crippen LogP contribution in [0.2, 0.25) is 0 Å². The number of aryl methyl sites for hydroxylation is 1. The van der Waals surface area contributed by atoms with Crippen LogP contribution in [0.1, 0.15) is 49.3 Å². The zero-order valence-corrected chi connectivity index (χ0v) is 14.9. The zero-order chi connectivity index (χ0) is 14.3. The smallest absolute Gasteiger partial charge is 0.0660 e. The van der Waals surface area contributed by atoms with Crippen LogP contribution in [0, 0.1) is 41.5 Å². The molecule has 0 aliphatic heterocycles. The van der Waals surface area contributed by atoms with Crippen molar-refractivity contribution in [2.45, 2.75) is 46.4 Å². The molecule has 1 aromatic carbocycles.